The van der Waals surface area contributed by atoms with E-state index in [1.54, 1.807) is 38.6 Å². The molecule has 0 heterocycles. The summed E-state index contributed by atoms with van der Waals surface area (Å²) in [4.78, 5) is 11.6. The maximum absolute atomic E-state index is 11.6. The molecular weight excluding hydrogens is 294 g/mol. The molecule has 0 aromatic heterocycles. The minimum atomic E-state index is -1.59. The third-order valence-corrected chi connectivity index (χ3v) is 6.94. The molecule has 20 heavy (non-hydrogen) atoms. The Morgan fingerprint density at radius 2 is 2.20 bits per heavy atom. The van der Waals surface area contributed by atoms with Crippen LogP contribution in [-0.4, -0.2) is 25.1 Å². The van der Waals surface area contributed by atoms with Gasteiger partial charge in [-0.3, -0.25) is 0 Å². The minimum Gasteiger partial charge on any atom is -0.480 e. The Morgan fingerprint density at radius 3 is 2.65 bits per heavy atom. The number of aryl methyl sites for hydroxylation is 1. The maximum Gasteiger partial charge on any atom is 0.343 e. The number of halogens is 1. The van der Waals surface area contributed by atoms with Gasteiger partial charge in [-0.05, 0) is 37.6 Å². The number of benzene rings is 1. The Morgan fingerprint density at radius 1 is 1.60 bits per heavy atom. The lowest BCUT2D eigenvalue weighted by Crippen LogP contribution is -2.55. The highest BCUT2D eigenvalue weighted by atomic mass is 35.5. The number of carboxylic acids is 1. The summed E-state index contributed by atoms with van der Waals surface area (Å²) in [7, 11) is -1.59. The molecule has 2 atom stereocenters. The molecule has 0 saturated heterocycles. The summed E-state index contributed by atoms with van der Waals surface area (Å²) in [6.07, 6.45) is 0. The Labute approximate surface area is 125 Å². The smallest absolute Gasteiger partial charge is 0.343 e. The summed E-state index contributed by atoms with van der Waals surface area (Å²) in [5, 5.41) is 17.7. The summed E-state index contributed by atoms with van der Waals surface area (Å²) in [6.45, 7) is 6.87. The van der Waals surface area contributed by atoms with E-state index in [4.69, 9.17) is 21.6 Å². The van der Waals surface area contributed by atoms with E-state index in [0.29, 0.717) is 10.8 Å². The van der Waals surface area contributed by atoms with Crippen LogP contribution in [0.15, 0.2) is 18.2 Å². The molecule has 1 rings (SSSR count). The second-order valence-electron chi connectivity index (χ2n) is 4.88. The molecule has 0 spiro atoms. The zero-order valence-electron chi connectivity index (χ0n) is 11.9. The lowest BCUT2D eigenvalue weighted by Gasteiger charge is -2.33. The number of ether oxygens (including phenoxy) is 1. The summed E-state index contributed by atoms with van der Waals surface area (Å²) in [5.74, 6) is -0.570. The fraction of sp³-hybridized carbons (Fsp3) is 0.429. The molecule has 0 aliphatic carbocycles. The van der Waals surface area contributed by atoms with Crippen LogP contribution in [0.4, 0.5) is 0 Å². The van der Waals surface area contributed by atoms with Gasteiger partial charge in [-0.1, -0.05) is 25.1 Å². The molecule has 1 aromatic carbocycles. The highest BCUT2D eigenvalue weighted by Crippen LogP contribution is 2.30. The Bertz CT molecular complexity index is 558. The number of rotatable bonds is 5. The van der Waals surface area contributed by atoms with E-state index in [1.165, 1.54) is 6.92 Å². The van der Waals surface area contributed by atoms with E-state index in [2.05, 4.69) is 6.07 Å². The van der Waals surface area contributed by atoms with Gasteiger partial charge in [-0.2, -0.15) is 5.26 Å². The van der Waals surface area contributed by atoms with Crippen LogP contribution in [0.2, 0.25) is 17.1 Å². The SMILES string of the molecule is Cc1cc(Cl)ccc1OC(C)(C(=O)O)[Si](C)C(C)C#N. The number of nitriles is 1. The Hall–Kier alpha value is -1.51. The van der Waals surface area contributed by atoms with Crippen LogP contribution >= 0.6 is 11.6 Å². The van der Waals surface area contributed by atoms with Crippen molar-refractivity contribution in [2.24, 2.45) is 0 Å². The molecule has 0 saturated carbocycles. The first-order valence-corrected chi connectivity index (χ1v) is 8.60. The van der Waals surface area contributed by atoms with Crippen LogP contribution in [-0.2, 0) is 4.79 Å². The van der Waals surface area contributed by atoms with Crippen LogP contribution < -0.4 is 4.74 Å². The highest BCUT2D eigenvalue weighted by molar-refractivity contribution is 6.67. The van der Waals surface area contributed by atoms with E-state index in [1.807, 2.05) is 0 Å². The third-order valence-electron chi connectivity index (χ3n) is 3.45. The van der Waals surface area contributed by atoms with Gasteiger partial charge in [0.2, 0.25) is 0 Å². The van der Waals surface area contributed by atoms with Gasteiger partial charge in [-0.15, -0.1) is 0 Å². The molecule has 0 fully saturated rings. The van der Waals surface area contributed by atoms with Crippen molar-refractivity contribution in [2.75, 3.05) is 0 Å². The van der Waals surface area contributed by atoms with Gasteiger partial charge in [0.25, 0.3) is 0 Å². The lowest BCUT2D eigenvalue weighted by molar-refractivity contribution is -0.147. The van der Waals surface area contributed by atoms with E-state index >= 15 is 0 Å². The van der Waals surface area contributed by atoms with Gasteiger partial charge in [-0.25, -0.2) is 4.79 Å². The summed E-state index contributed by atoms with van der Waals surface area (Å²) in [6, 6.07) is 7.15. The first kappa shape index (κ1) is 16.5. The van der Waals surface area contributed by atoms with Gasteiger partial charge < -0.3 is 9.84 Å². The molecule has 0 aliphatic rings. The first-order chi connectivity index (χ1) is 9.22. The molecule has 1 radical (unpaired) electrons. The van der Waals surface area contributed by atoms with Crippen LogP contribution in [0.1, 0.15) is 19.4 Å². The monoisotopic (exact) mass is 310 g/mol. The van der Waals surface area contributed by atoms with Crippen LogP contribution in [0.3, 0.4) is 0 Å². The summed E-state index contributed by atoms with van der Waals surface area (Å²) >= 11 is 5.88. The molecule has 107 valence electrons. The second-order valence-corrected chi connectivity index (χ2v) is 8.51. The largest absolute Gasteiger partial charge is 0.480 e. The number of hydrogen-bond donors (Lipinski definition) is 1. The van der Waals surface area contributed by atoms with Crippen molar-refractivity contribution in [1.29, 1.82) is 5.26 Å². The number of carboxylic acid groups (broad SMARTS) is 1. The molecule has 6 heteroatoms. The minimum absolute atomic E-state index is 0.339. The fourth-order valence-corrected chi connectivity index (χ4v) is 3.60. The van der Waals surface area contributed by atoms with E-state index in [9.17, 15) is 9.90 Å². The van der Waals surface area contributed by atoms with E-state index in [0.717, 1.165) is 5.56 Å². The molecule has 4 nitrogen and oxygen atoms in total. The molecular formula is C14H17ClNO3Si. The average Bonchev–Trinajstić information content (AvgIpc) is 2.39. The maximum atomic E-state index is 11.6. The van der Waals surface area contributed by atoms with Crippen molar-refractivity contribution >= 4 is 26.4 Å². The summed E-state index contributed by atoms with van der Waals surface area (Å²) < 4.78 is 5.77. The van der Waals surface area contributed by atoms with Crippen molar-refractivity contribution in [3.63, 3.8) is 0 Å². The Balaban J connectivity index is 3.15. The quantitative estimate of drug-likeness (QED) is 0.846. The number of hydrogen-bond acceptors (Lipinski definition) is 3. The third kappa shape index (κ3) is 3.32. The molecule has 0 amide bonds. The van der Waals surface area contributed by atoms with Crippen molar-refractivity contribution in [3.8, 4) is 11.8 Å². The molecule has 0 aliphatic heterocycles. The number of aliphatic carboxylic acids is 1. The van der Waals surface area contributed by atoms with Gasteiger partial charge >= 0.3 is 5.97 Å². The van der Waals surface area contributed by atoms with Gasteiger partial charge in [0.05, 0.1) is 6.07 Å². The van der Waals surface area contributed by atoms with Gasteiger partial charge in [0.1, 0.15) is 14.5 Å². The molecule has 1 aromatic rings. The molecule has 0 bridgehead atoms. The van der Waals surface area contributed by atoms with Crippen LogP contribution in [0.25, 0.3) is 0 Å². The van der Waals surface area contributed by atoms with Crippen molar-refractivity contribution in [2.45, 2.75) is 38.1 Å². The summed E-state index contributed by atoms with van der Waals surface area (Å²) in [5.41, 5.74) is 0.429. The van der Waals surface area contributed by atoms with E-state index in [-0.39, 0.29) is 5.54 Å². The first-order valence-electron chi connectivity index (χ1n) is 6.14. The van der Waals surface area contributed by atoms with Crippen molar-refractivity contribution in [1.82, 2.24) is 0 Å². The lowest BCUT2D eigenvalue weighted by atomic mass is 10.2. The van der Waals surface area contributed by atoms with Gasteiger partial charge in [0, 0.05) is 10.6 Å². The van der Waals surface area contributed by atoms with Crippen LogP contribution in [0.5, 0.6) is 5.75 Å². The zero-order chi connectivity index (χ0) is 15.5. The zero-order valence-corrected chi connectivity index (χ0v) is 13.7. The van der Waals surface area contributed by atoms with Crippen LogP contribution in [0, 0.1) is 18.3 Å². The van der Waals surface area contributed by atoms with Gasteiger partial charge in [0.15, 0.2) is 5.22 Å². The standard InChI is InChI=1S/C14H17ClNO3Si/c1-9-7-11(15)5-6-12(9)19-14(3,13(17)18)20(4)10(2)8-16/h5-7,10H,1-4H3,(H,17,18). The predicted octanol–water partition coefficient (Wildman–Crippen LogP) is 3.45. The van der Waals surface area contributed by atoms with E-state index < -0.39 is 20.0 Å². The number of nitrogens with zero attached hydrogens (tertiary/aromatic N) is 1. The predicted molar refractivity (Wildman–Crippen MR) is 79.5 cm³/mol. The second kappa shape index (κ2) is 6.29. The van der Waals surface area contributed by atoms with Crippen molar-refractivity contribution < 1.29 is 14.6 Å². The highest BCUT2D eigenvalue weighted by Gasteiger charge is 2.45. The normalized spacial score (nSPS) is 15.2. The topological polar surface area (TPSA) is 70.3 Å². The average molecular weight is 311 g/mol. The number of carbonyl (C=O) groups is 1. The fourth-order valence-electron chi connectivity index (χ4n) is 1.75. The molecule has 1 N–H and O–H groups in total. The molecule has 2 unspecified atom stereocenters. The Kier molecular flexibility index (Phi) is 5.20. The van der Waals surface area contributed by atoms with Crippen molar-refractivity contribution in [3.05, 3.63) is 28.8 Å².